The van der Waals surface area contributed by atoms with Crippen molar-refractivity contribution in [2.45, 2.75) is 30.9 Å². The van der Waals surface area contributed by atoms with Crippen LogP contribution >= 0.6 is 0 Å². The third-order valence-corrected chi connectivity index (χ3v) is 3.13. The Hall–Kier alpha value is -1.26. The molecule has 4 heteroatoms. The molecule has 0 aromatic heterocycles. The minimum Gasteiger partial charge on any atom is -0.506 e. The highest BCUT2D eigenvalue weighted by molar-refractivity contribution is 5.55. The van der Waals surface area contributed by atoms with E-state index in [-0.39, 0.29) is 11.8 Å². The Balaban J connectivity index is 1.95. The zero-order valence-electron chi connectivity index (χ0n) is 9.19. The number of para-hydroxylation sites is 2. The maximum atomic E-state index is 10.2. The van der Waals surface area contributed by atoms with Crippen LogP contribution in [0.5, 0.6) is 5.75 Å². The van der Waals surface area contributed by atoms with Gasteiger partial charge in [-0.05, 0) is 31.4 Å². The predicted octanol–water partition coefficient (Wildman–Crippen LogP) is 1.05. The fourth-order valence-electron chi connectivity index (χ4n) is 2.19. The lowest BCUT2D eigenvalue weighted by molar-refractivity contribution is 0.0601. The van der Waals surface area contributed by atoms with Crippen LogP contribution in [0.3, 0.4) is 0 Å². The molecule has 16 heavy (non-hydrogen) atoms. The van der Waals surface area contributed by atoms with Gasteiger partial charge in [-0.1, -0.05) is 12.1 Å². The SMILES string of the molecule is NC1CCC(O)(CNc2ccccc2O)C1. The Morgan fingerprint density at radius 3 is 2.81 bits per heavy atom. The van der Waals surface area contributed by atoms with E-state index in [0.29, 0.717) is 18.7 Å². The number of phenols is 1. The van der Waals surface area contributed by atoms with Gasteiger partial charge in [-0.25, -0.2) is 0 Å². The first-order chi connectivity index (χ1) is 7.59. The van der Waals surface area contributed by atoms with Crippen LogP contribution in [0.2, 0.25) is 0 Å². The van der Waals surface area contributed by atoms with E-state index in [1.807, 2.05) is 6.07 Å². The van der Waals surface area contributed by atoms with Crippen LogP contribution in [-0.2, 0) is 0 Å². The van der Waals surface area contributed by atoms with Crippen LogP contribution in [0, 0.1) is 0 Å². The van der Waals surface area contributed by atoms with Crippen molar-refractivity contribution < 1.29 is 10.2 Å². The monoisotopic (exact) mass is 222 g/mol. The molecule has 1 aromatic carbocycles. The fourth-order valence-corrected chi connectivity index (χ4v) is 2.19. The van der Waals surface area contributed by atoms with E-state index in [1.54, 1.807) is 18.2 Å². The molecule has 4 nitrogen and oxygen atoms in total. The molecule has 1 aliphatic rings. The number of hydrogen-bond acceptors (Lipinski definition) is 4. The molecule has 1 aromatic rings. The second-order valence-corrected chi connectivity index (χ2v) is 4.60. The van der Waals surface area contributed by atoms with Crippen molar-refractivity contribution in [1.29, 1.82) is 0 Å². The highest BCUT2D eigenvalue weighted by Crippen LogP contribution is 2.30. The number of rotatable bonds is 3. The van der Waals surface area contributed by atoms with Gasteiger partial charge in [0, 0.05) is 12.6 Å². The average Bonchev–Trinajstić information content (AvgIpc) is 2.58. The smallest absolute Gasteiger partial charge is 0.138 e. The molecular formula is C12H18N2O2. The molecular weight excluding hydrogens is 204 g/mol. The largest absolute Gasteiger partial charge is 0.506 e. The number of aromatic hydroxyl groups is 1. The van der Waals surface area contributed by atoms with E-state index in [4.69, 9.17) is 5.73 Å². The summed E-state index contributed by atoms with van der Waals surface area (Å²) in [6.45, 7) is 0.429. The van der Waals surface area contributed by atoms with Crippen molar-refractivity contribution in [3.8, 4) is 5.75 Å². The van der Waals surface area contributed by atoms with Gasteiger partial charge in [-0.2, -0.15) is 0 Å². The molecule has 0 radical (unpaired) electrons. The van der Waals surface area contributed by atoms with Gasteiger partial charge in [0.05, 0.1) is 11.3 Å². The third kappa shape index (κ3) is 2.46. The summed E-state index contributed by atoms with van der Waals surface area (Å²) >= 11 is 0. The number of anilines is 1. The Labute approximate surface area is 95.1 Å². The topological polar surface area (TPSA) is 78.5 Å². The van der Waals surface area contributed by atoms with Crippen LogP contribution in [0.4, 0.5) is 5.69 Å². The molecule has 0 amide bonds. The lowest BCUT2D eigenvalue weighted by atomic mass is 10.0. The predicted molar refractivity (Wildman–Crippen MR) is 63.4 cm³/mol. The first kappa shape index (κ1) is 11.2. The summed E-state index contributed by atoms with van der Waals surface area (Å²) < 4.78 is 0. The fraction of sp³-hybridized carbons (Fsp3) is 0.500. The van der Waals surface area contributed by atoms with E-state index < -0.39 is 5.60 Å². The molecule has 1 saturated carbocycles. The van der Waals surface area contributed by atoms with Gasteiger partial charge >= 0.3 is 0 Å². The summed E-state index contributed by atoms with van der Waals surface area (Å²) in [5.41, 5.74) is 5.69. The Morgan fingerprint density at radius 2 is 2.19 bits per heavy atom. The van der Waals surface area contributed by atoms with Crippen molar-refractivity contribution in [1.82, 2.24) is 0 Å². The quantitative estimate of drug-likeness (QED) is 0.576. The molecule has 1 fully saturated rings. The highest BCUT2D eigenvalue weighted by atomic mass is 16.3. The molecule has 88 valence electrons. The minimum absolute atomic E-state index is 0.0937. The van der Waals surface area contributed by atoms with E-state index >= 15 is 0 Å². The van der Waals surface area contributed by atoms with Crippen molar-refractivity contribution in [2.24, 2.45) is 5.73 Å². The Morgan fingerprint density at radius 1 is 1.44 bits per heavy atom. The second kappa shape index (κ2) is 4.31. The summed E-state index contributed by atoms with van der Waals surface area (Å²) in [5.74, 6) is 0.202. The number of nitrogens with two attached hydrogens (primary N) is 1. The van der Waals surface area contributed by atoms with Gasteiger partial charge in [0.25, 0.3) is 0 Å². The summed E-state index contributed by atoms with van der Waals surface area (Å²) in [6.07, 6.45) is 2.20. The van der Waals surface area contributed by atoms with Gasteiger partial charge in [-0.15, -0.1) is 0 Å². The third-order valence-electron chi connectivity index (χ3n) is 3.13. The van der Waals surface area contributed by atoms with Gasteiger partial charge in [-0.3, -0.25) is 0 Å². The molecule has 0 saturated heterocycles. The van der Waals surface area contributed by atoms with E-state index in [0.717, 1.165) is 12.8 Å². The first-order valence-electron chi connectivity index (χ1n) is 5.59. The molecule has 2 rings (SSSR count). The van der Waals surface area contributed by atoms with Crippen LogP contribution in [-0.4, -0.2) is 28.4 Å². The standard InChI is InChI=1S/C12H18N2O2/c13-9-5-6-12(16,7-9)8-14-10-3-1-2-4-11(10)15/h1-4,9,14-16H,5-8,13H2. The van der Waals surface area contributed by atoms with E-state index in [1.165, 1.54) is 0 Å². The summed E-state index contributed by atoms with van der Waals surface area (Å²) in [6, 6.07) is 7.10. The van der Waals surface area contributed by atoms with Gasteiger partial charge < -0.3 is 21.3 Å². The van der Waals surface area contributed by atoms with Crippen molar-refractivity contribution in [3.63, 3.8) is 0 Å². The number of hydrogen-bond donors (Lipinski definition) is 4. The molecule has 5 N–H and O–H groups in total. The highest BCUT2D eigenvalue weighted by Gasteiger charge is 2.35. The molecule has 1 aliphatic carbocycles. The number of benzene rings is 1. The maximum absolute atomic E-state index is 10.2. The molecule has 0 aliphatic heterocycles. The lowest BCUT2D eigenvalue weighted by Crippen LogP contribution is -2.35. The molecule has 2 atom stereocenters. The zero-order chi connectivity index (χ0) is 11.6. The number of nitrogens with one attached hydrogen (secondary N) is 1. The Kier molecular flexibility index (Phi) is 3.03. The summed E-state index contributed by atoms with van der Waals surface area (Å²) in [5, 5.41) is 22.8. The minimum atomic E-state index is -0.734. The summed E-state index contributed by atoms with van der Waals surface area (Å²) in [7, 11) is 0. The van der Waals surface area contributed by atoms with Gasteiger partial charge in [0.2, 0.25) is 0 Å². The number of aliphatic hydroxyl groups is 1. The summed E-state index contributed by atoms with van der Waals surface area (Å²) in [4.78, 5) is 0. The van der Waals surface area contributed by atoms with Crippen molar-refractivity contribution in [2.75, 3.05) is 11.9 Å². The van der Waals surface area contributed by atoms with E-state index in [9.17, 15) is 10.2 Å². The second-order valence-electron chi connectivity index (χ2n) is 4.60. The van der Waals surface area contributed by atoms with Crippen LogP contribution in [0.1, 0.15) is 19.3 Å². The molecule has 0 spiro atoms. The van der Waals surface area contributed by atoms with Gasteiger partial charge in [0.15, 0.2) is 0 Å². The number of phenolic OH excluding ortho intramolecular Hbond substituents is 1. The first-order valence-corrected chi connectivity index (χ1v) is 5.59. The lowest BCUT2D eigenvalue weighted by Gasteiger charge is -2.23. The molecule has 0 bridgehead atoms. The van der Waals surface area contributed by atoms with Crippen LogP contribution in [0.15, 0.2) is 24.3 Å². The van der Waals surface area contributed by atoms with E-state index in [2.05, 4.69) is 5.32 Å². The zero-order valence-corrected chi connectivity index (χ0v) is 9.19. The Bertz CT molecular complexity index is 370. The van der Waals surface area contributed by atoms with Crippen LogP contribution < -0.4 is 11.1 Å². The molecule has 0 heterocycles. The molecule has 2 unspecified atom stereocenters. The van der Waals surface area contributed by atoms with Crippen molar-refractivity contribution in [3.05, 3.63) is 24.3 Å². The van der Waals surface area contributed by atoms with Gasteiger partial charge in [0.1, 0.15) is 5.75 Å². The maximum Gasteiger partial charge on any atom is 0.138 e. The average molecular weight is 222 g/mol. The normalized spacial score (nSPS) is 29.2. The van der Waals surface area contributed by atoms with Crippen molar-refractivity contribution >= 4 is 5.69 Å². The van der Waals surface area contributed by atoms with Crippen LogP contribution in [0.25, 0.3) is 0 Å².